The maximum absolute atomic E-state index is 13.3. The molecule has 2 N–H and O–H groups in total. The van der Waals surface area contributed by atoms with Crippen LogP contribution in [0.1, 0.15) is 21.5 Å². The van der Waals surface area contributed by atoms with Gasteiger partial charge in [-0.1, -0.05) is 23.9 Å². The summed E-state index contributed by atoms with van der Waals surface area (Å²) in [4.78, 5) is 22.1. The lowest BCUT2D eigenvalue weighted by Gasteiger charge is -2.16. The Morgan fingerprint density at radius 2 is 1.81 bits per heavy atom. The minimum Gasteiger partial charge on any atom is -0.496 e. The molecule has 1 amide bonds. The Labute approximate surface area is 211 Å². The van der Waals surface area contributed by atoms with Crippen LogP contribution in [0.25, 0.3) is 22.4 Å². The van der Waals surface area contributed by atoms with E-state index in [1.807, 2.05) is 24.3 Å². The Bertz CT molecular complexity index is 1560. The van der Waals surface area contributed by atoms with E-state index in [0.29, 0.717) is 33.6 Å². The number of nitrogens with zero attached hydrogens (tertiary/aromatic N) is 4. The molecule has 2 aromatic carbocycles. The fraction of sp³-hybridized carbons (Fsp3) is 0.0741. The maximum atomic E-state index is 13.3. The van der Waals surface area contributed by atoms with Crippen LogP contribution in [-0.2, 0) is 0 Å². The van der Waals surface area contributed by atoms with Crippen LogP contribution in [0.15, 0.2) is 78.1 Å². The summed E-state index contributed by atoms with van der Waals surface area (Å²) in [6, 6.07) is 22.1. The van der Waals surface area contributed by atoms with Gasteiger partial charge in [0.25, 0.3) is 5.91 Å². The van der Waals surface area contributed by atoms with Crippen LogP contribution in [0.5, 0.6) is 5.75 Å². The number of ether oxygens (including phenoxy) is 1. The van der Waals surface area contributed by atoms with Crippen LogP contribution < -0.4 is 15.4 Å². The molecule has 9 heteroatoms. The first-order chi connectivity index (χ1) is 17.6. The molecule has 3 heterocycles. The van der Waals surface area contributed by atoms with E-state index in [1.54, 1.807) is 49.7 Å². The van der Waals surface area contributed by atoms with Gasteiger partial charge in [-0.05, 0) is 48.5 Å². The van der Waals surface area contributed by atoms with E-state index in [0.717, 1.165) is 22.0 Å². The molecule has 1 aliphatic heterocycles. The number of fused-ring (bicyclic) bond motifs is 1. The van der Waals surface area contributed by atoms with Gasteiger partial charge in [0, 0.05) is 29.1 Å². The predicted octanol–water partition coefficient (Wildman–Crippen LogP) is 4.79. The van der Waals surface area contributed by atoms with Crippen molar-refractivity contribution < 1.29 is 9.53 Å². The summed E-state index contributed by atoms with van der Waals surface area (Å²) in [7, 11) is 1.54. The van der Waals surface area contributed by atoms with Crippen molar-refractivity contribution in [1.82, 2.24) is 15.3 Å². The van der Waals surface area contributed by atoms with Crippen LogP contribution in [0.2, 0.25) is 0 Å². The molecule has 174 valence electrons. The van der Waals surface area contributed by atoms with Crippen molar-refractivity contribution >= 4 is 23.4 Å². The number of nitriles is 2. The number of nitrogens with one attached hydrogen (secondary N) is 2. The van der Waals surface area contributed by atoms with Crippen molar-refractivity contribution in [1.29, 1.82) is 10.5 Å². The summed E-state index contributed by atoms with van der Waals surface area (Å²) in [6.07, 6.45) is 3.09. The van der Waals surface area contributed by atoms with Gasteiger partial charge in [0.1, 0.15) is 10.8 Å². The molecule has 0 bridgehead atoms. The van der Waals surface area contributed by atoms with Crippen molar-refractivity contribution in [2.24, 2.45) is 0 Å². The zero-order chi connectivity index (χ0) is 25.1. The number of benzene rings is 2. The lowest BCUT2D eigenvalue weighted by Crippen LogP contribution is -2.36. The molecule has 0 aliphatic carbocycles. The second kappa shape index (κ2) is 9.79. The summed E-state index contributed by atoms with van der Waals surface area (Å²) in [5.41, 5.74) is 4.71. The minimum absolute atomic E-state index is 0.326. The molecule has 0 spiro atoms. The SMILES string of the molecule is COc1ccc(C#N)cc1-c1ccncc1C(=O)NC1Nc2ccc(-c3ccc(C#N)cc3)nc2S1. The molecule has 8 nitrogen and oxygen atoms in total. The highest BCUT2D eigenvalue weighted by Gasteiger charge is 2.26. The number of carbonyl (C=O) groups excluding carboxylic acids is 1. The van der Waals surface area contributed by atoms with Gasteiger partial charge in [-0.2, -0.15) is 10.5 Å². The molecule has 36 heavy (non-hydrogen) atoms. The number of anilines is 1. The number of hydrogen-bond acceptors (Lipinski definition) is 8. The zero-order valence-corrected chi connectivity index (χ0v) is 19.8. The Morgan fingerprint density at radius 3 is 2.56 bits per heavy atom. The zero-order valence-electron chi connectivity index (χ0n) is 19.0. The van der Waals surface area contributed by atoms with Gasteiger partial charge in [-0.25, -0.2) is 4.98 Å². The van der Waals surface area contributed by atoms with E-state index in [4.69, 9.17) is 15.0 Å². The lowest BCUT2D eigenvalue weighted by molar-refractivity contribution is 0.0953. The first kappa shape index (κ1) is 22.9. The summed E-state index contributed by atoms with van der Waals surface area (Å²) in [5.74, 6) is 0.224. The third-order valence-electron chi connectivity index (χ3n) is 5.63. The number of pyridine rings is 2. The van der Waals surface area contributed by atoms with Crippen molar-refractivity contribution in [3.8, 4) is 40.3 Å². The van der Waals surface area contributed by atoms with Gasteiger partial charge >= 0.3 is 0 Å². The third kappa shape index (κ3) is 4.43. The molecule has 0 saturated carbocycles. The molecule has 1 unspecified atom stereocenters. The van der Waals surface area contributed by atoms with Crippen LogP contribution in [0.3, 0.4) is 0 Å². The molecule has 0 fully saturated rings. The lowest BCUT2D eigenvalue weighted by atomic mass is 9.98. The van der Waals surface area contributed by atoms with Crippen LogP contribution in [0.4, 0.5) is 5.69 Å². The largest absolute Gasteiger partial charge is 0.496 e. The van der Waals surface area contributed by atoms with Gasteiger partial charge < -0.3 is 15.4 Å². The number of aromatic nitrogens is 2. The van der Waals surface area contributed by atoms with E-state index in [-0.39, 0.29) is 5.91 Å². The summed E-state index contributed by atoms with van der Waals surface area (Å²) >= 11 is 1.40. The topological polar surface area (TPSA) is 124 Å². The fourth-order valence-electron chi connectivity index (χ4n) is 3.86. The predicted molar refractivity (Wildman–Crippen MR) is 136 cm³/mol. The number of thioether (sulfide) groups is 1. The quantitative estimate of drug-likeness (QED) is 0.409. The molecule has 0 radical (unpaired) electrons. The van der Waals surface area contributed by atoms with E-state index < -0.39 is 5.50 Å². The Hall–Kier alpha value is -4.86. The summed E-state index contributed by atoms with van der Waals surface area (Å²) in [6.45, 7) is 0. The normalized spacial score (nSPS) is 13.6. The summed E-state index contributed by atoms with van der Waals surface area (Å²) in [5, 5.41) is 25.4. The molecule has 1 aliphatic rings. The number of rotatable bonds is 5. The highest BCUT2D eigenvalue weighted by atomic mass is 32.2. The molecule has 4 aromatic rings. The maximum Gasteiger partial charge on any atom is 0.255 e. The van der Waals surface area contributed by atoms with Gasteiger partial charge in [0.05, 0.1) is 47.3 Å². The highest BCUT2D eigenvalue weighted by molar-refractivity contribution is 8.00. The first-order valence-electron chi connectivity index (χ1n) is 10.9. The average Bonchev–Trinajstić information content (AvgIpc) is 3.34. The average molecular weight is 491 g/mol. The molecular formula is C27H18N6O2S. The monoisotopic (exact) mass is 490 g/mol. The first-order valence-corrected chi connectivity index (χ1v) is 11.8. The van der Waals surface area contributed by atoms with Crippen molar-refractivity contribution in [3.05, 3.63) is 89.7 Å². The molecular weight excluding hydrogens is 472 g/mol. The van der Waals surface area contributed by atoms with Gasteiger partial charge in [-0.15, -0.1) is 0 Å². The minimum atomic E-state index is -0.434. The molecule has 2 aromatic heterocycles. The van der Waals surface area contributed by atoms with Crippen molar-refractivity contribution in [2.75, 3.05) is 12.4 Å². The van der Waals surface area contributed by atoms with Gasteiger partial charge in [-0.3, -0.25) is 9.78 Å². The van der Waals surface area contributed by atoms with Crippen molar-refractivity contribution in [2.45, 2.75) is 10.5 Å². The second-order valence-electron chi connectivity index (χ2n) is 7.80. The highest BCUT2D eigenvalue weighted by Crippen LogP contribution is 2.38. The second-order valence-corrected chi connectivity index (χ2v) is 8.90. The number of methoxy groups -OCH3 is 1. The van der Waals surface area contributed by atoms with E-state index in [9.17, 15) is 10.1 Å². The van der Waals surface area contributed by atoms with E-state index >= 15 is 0 Å². The smallest absolute Gasteiger partial charge is 0.255 e. The molecule has 1 atom stereocenters. The fourth-order valence-corrected chi connectivity index (χ4v) is 4.84. The standard InChI is InChI=1S/C27H18N6O2S/c1-35-24-9-4-17(14-29)12-20(24)19-10-11-30-15-21(19)25(34)33-27-32-23-8-7-22(31-26(23)36-27)18-5-2-16(13-28)3-6-18/h2-12,15,27,32H,1H3,(H,33,34). The van der Waals surface area contributed by atoms with Gasteiger partial charge in [0.2, 0.25) is 0 Å². The number of hydrogen-bond donors (Lipinski definition) is 2. The van der Waals surface area contributed by atoms with E-state index in [2.05, 4.69) is 27.8 Å². The van der Waals surface area contributed by atoms with Crippen LogP contribution in [-0.4, -0.2) is 28.5 Å². The number of carbonyl (C=O) groups is 1. The Balaban J connectivity index is 1.37. The Morgan fingerprint density at radius 1 is 1.03 bits per heavy atom. The van der Waals surface area contributed by atoms with E-state index in [1.165, 1.54) is 18.0 Å². The van der Waals surface area contributed by atoms with Crippen LogP contribution >= 0.6 is 11.8 Å². The molecule has 5 rings (SSSR count). The van der Waals surface area contributed by atoms with Gasteiger partial charge in [0.15, 0.2) is 5.50 Å². The van der Waals surface area contributed by atoms with Crippen molar-refractivity contribution in [3.63, 3.8) is 0 Å². The number of amides is 1. The third-order valence-corrected chi connectivity index (χ3v) is 6.64. The van der Waals surface area contributed by atoms with Crippen LogP contribution in [0, 0.1) is 22.7 Å². The summed E-state index contributed by atoms with van der Waals surface area (Å²) < 4.78 is 5.47. The molecule has 0 saturated heterocycles. The Kier molecular flexibility index (Phi) is 6.23.